The molecule has 1 saturated heterocycles. The van der Waals surface area contributed by atoms with Crippen LogP contribution in [0.5, 0.6) is 11.5 Å². The number of methoxy groups -OCH3 is 1. The monoisotopic (exact) mass is 505 g/mol. The van der Waals surface area contributed by atoms with Crippen LogP contribution in [0.4, 0.5) is 18.9 Å². The van der Waals surface area contributed by atoms with Gasteiger partial charge in [0.05, 0.1) is 12.8 Å². The van der Waals surface area contributed by atoms with E-state index in [0.717, 1.165) is 42.7 Å². The quantitative estimate of drug-likeness (QED) is 0.439. The second kappa shape index (κ2) is 9.33. The number of rotatable bonds is 5. The van der Waals surface area contributed by atoms with Crippen LogP contribution in [0.3, 0.4) is 0 Å². The van der Waals surface area contributed by atoms with Crippen molar-refractivity contribution in [2.45, 2.75) is 37.7 Å². The fraction of sp³-hybridized carbons (Fsp3) is 0.333. The van der Waals surface area contributed by atoms with E-state index in [-0.39, 0.29) is 17.8 Å². The summed E-state index contributed by atoms with van der Waals surface area (Å²) in [5.74, 6) is 0.437. The Hall–Kier alpha value is -3.40. The minimum absolute atomic E-state index is 0.0260. The molecule has 2 atom stereocenters. The van der Waals surface area contributed by atoms with Crippen LogP contribution in [0.1, 0.15) is 30.7 Å². The summed E-state index contributed by atoms with van der Waals surface area (Å²) in [7, 11) is 1.60. The van der Waals surface area contributed by atoms with Crippen LogP contribution < -0.4 is 14.4 Å². The molecule has 0 bridgehead atoms. The third-order valence-electron chi connectivity index (χ3n) is 6.26. The summed E-state index contributed by atoms with van der Waals surface area (Å²) in [6, 6.07) is 12.0. The van der Waals surface area contributed by atoms with E-state index in [1.54, 1.807) is 42.7 Å². The average Bonchev–Trinajstić information content (AvgIpc) is 3.39. The number of fused-ring (bicyclic) bond motifs is 1. The molecule has 2 unspecified atom stereocenters. The molecule has 3 heterocycles. The summed E-state index contributed by atoms with van der Waals surface area (Å²) < 4.78 is 49.3. The van der Waals surface area contributed by atoms with Gasteiger partial charge in [-0.2, -0.15) is 5.10 Å². The number of hydrogen-bond donors (Lipinski definition) is 0. The van der Waals surface area contributed by atoms with Gasteiger partial charge in [-0.25, -0.2) is 4.98 Å². The molecular weight excluding hydrogens is 483 g/mol. The Morgan fingerprint density at radius 2 is 1.89 bits per heavy atom. The van der Waals surface area contributed by atoms with Crippen LogP contribution >= 0.6 is 11.6 Å². The van der Waals surface area contributed by atoms with Crippen LogP contribution in [0.25, 0.3) is 5.69 Å². The molecule has 7 nitrogen and oxygen atoms in total. The summed E-state index contributed by atoms with van der Waals surface area (Å²) in [6.07, 6.45) is 3.13. The van der Waals surface area contributed by atoms with Gasteiger partial charge in [0.1, 0.15) is 35.5 Å². The number of alkyl halides is 3. The third-order valence-corrected chi connectivity index (χ3v) is 6.45. The molecule has 2 aliphatic rings. The molecule has 2 aliphatic heterocycles. The number of hydrogen-bond acceptors (Lipinski definition) is 6. The van der Waals surface area contributed by atoms with Crippen molar-refractivity contribution in [2.75, 3.05) is 18.6 Å². The smallest absolute Gasteiger partial charge is 0.494 e. The van der Waals surface area contributed by atoms with Crippen molar-refractivity contribution in [1.29, 1.82) is 0 Å². The molecule has 0 radical (unpaired) electrons. The van der Waals surface area contributed by atoms with Gasteiger partial charge in [-0.3, -0.25) is 5.01 Å². The lowest BCUT2D eigenvalue weighted by Gasteiger charge is -2.35. The van der Waals surface area contributed by atoms with Crippen LogP contribution in [-0.2, 0) is 0 Å². The number of benzene rings is 2. The summed E-state index contributed by atoms with van der Waals surface area (Å²) in [4.78, 5) is 6.15. The van der Waals surface area contributed by atoms with Gasteiger partial charge in [0.25, 0.3) is 0 Å². The molecule has 0 saturated carbocycles. The van der Waals surface area contributed by atoms with Gasteiger partial charge in [-0.05, 0) is 42.7 Å². The highest BCUT2D eigenvalue weighted by atomic mass is 35.5. The largest absolute Gasteiger partial charge is 0.573 e. The molecule has 35 heavy (non-hydrogen) atoms. The van der Waals surface area contributed by atoms with E-state index in [1.165, 1.54) is 12.1 Å². The zero-order valence-electron chi connectivity index (χ0n) is 18.8. The predicted molar refractivity (Wildman–Crippen MR) is 126 cm³/mol. The second-order valence-electron chi connectivity index (χ2n) is 8.39. The number of halogens is 4. The number of imidazole rings is 1. The summed E-state index contributed by atoms with van der Waals surface area (Å²) in [5, 5.41) is 7.07. The minimum Gasteiger partial charge on any atom is -0.494 e. The highest BCUT2D eigenvalue weighted by Crippen LogP contribution is 2.40. The van der Waals surface area contributed by atoms with E-state index in [2.05, 4.69) is 19.7 Å². The van der Waals surface area contributed by atoms with Gasteiger partial charge < -0.3 is 18.9 Å². The highest BCUT2D eigenvalue weighted by Gasteiger charge is 2.38. The molecule has 2 aromatic carbocycles. The maximum Gasteiger partial charge on any atom is 0.573 e. The van der Waals surface area contributed by atoms with E-state index in [1.807, 2.05) is 23.2 Å². The van der Waals surface area contributed by atoms with E-state index < -0.39 is 6.36 Å². The molecule has 11 heteroatoms. The Morgan fingerprint density at radius 3 is 2.57 bits per heavy atom. The topological polar surface area (TPSA) is 55.1 Å². The first kappa shape index (κ1) is 23.3. The Morgan fingerprint density at radius 1 is 1.09 bits per heavy atom. The third kappa shape index (κ3) is 4.88. The van der Waals surface area contributed by atoms with Gasteiger partial charge in [0, 0.05) is 30.4 Å². The Bertz CT molecular complexity index is 1210. The number of hydrazone groups is 1. The van der Waals surface area contributed by atoms with Crippen LogP contribution in [-0.4, -0.2) is 47.1 Å². The maximum absolute atomic E-state index is 12.6. The molecule has 0 amide bonds. The summed E-state index contributed by atoms with van der Waals surface area (Å²) >= 11 is 5.98. The molecule has 1 fully saturated rings. The van der Waals surface area contributed by atoms with Crippen molar-refractivity contribution in [2.24, 2.45) is 5.10 Å². The zero-order valence-corrected chi connectivity index (χ0v) is 19.6. The Balaban J connectivity index is 1.46. The molecule has 0 spiro atoms. The summed E-state index contributed by atoms with van der Waals surface area (Å²) in [5.41, 5.74) is 2.61. The van der Waals surface area contributed by atoms with Gasteiger partial charge in [0.15, 0.2) is 0 Å². The normalized spacial score (nSPS) is 20.0. The number of ether oxygens (including phenoxy) is 2. The van der Waals surface area contributed by atoms with Gasteiger partial charge >= 0.3 is 6.36 Å². The summed E-state index contributed by atoms with van der Waals surface area (Å²) in [6.45, 7) is 0.798. The zero-order chi connectivity index (χ0) is 24.6. The highest BCUT2D eigenvalue weighted by molar-refractivity contribution is 6.29. The van der Waals surface area contributed by atoms with Crippen molar-refractivity contribution < 1.29 is 22.6 Å². The van der Waals surface area contributed by atoms with Crippen LogP contribution in [0, 0.1) is 0 Å². The Labute approximate surface area is 205 Å². The van der Waals surface area contributed by atoms with E-state index in [4.69, 9.17) is 16.3 Å². The lowest BCUT2D eigenvalue weighted by Crippen LogP contribution is -2.43. The standard InChI is InChI=1S/C24H23ClF3N5O2/c1-34-21-12-17(7-10-20(21)31-13-22(25)29-14-31)32-15-30-33-11-3-2-4-19(23(32)33)16-5-8-18(9-6-16)35-24(26,27)28/h5-10,12-15,19,23H,2-4,11H2,1H3. The van der Waals surface area contributed by atoms with Crippen molar-refractivity contribution in [1.82, 2.24) is 14.6 Å². The second-order valence-corrected chi connectivity index (χ2v) is 8.78. The van der Waals surface area contributed by atoms with E-state index in [0.29, 0.717) is 10.9 Å². The molecule has 5 rings (SSSR count). The van der Waals surface area contributed by atoms with Crippen LogP contribution in [0.2, 0.25) is 5.15 Å². The predicted octanol–water partition coefficient (Wildman–Crippen LogP) is 5.79. The molecule has 0 N–H and O–H groups in total. The SMILES string of the molecule is COc1cc(N2C=NN3CCCCC(c4ccc(OC(F)(F)F)cc4)C32)ccc1-n1cnc(Cl)c1. The lowest BCUT2D eigenvalue weighted by molar-refractivity contribution is -0.274. The fourth-order valence-electron chi connectivity index (χ4n) is 4.73. The van der Waals surface area contributed by atoms with Crippen molar-refractivity contribution in [3.8, 4) is 17.2 Å². The number of anilines is 1. The van der Waals surface area contributed by atoms with Crippen molar-refractivity contribution in [3.05, 3.63) is 65.7 Å². The molecular formula is C24H23ClF3N5O2. The molecule has 1 aromatic heterocycles. The number of aromatic nitrogens is 2. The van der Waals surface area contributed by atoms with Gasteiger partial charge in [-0.1, -0.05) is 30.2 Å². The van der Waals surface area contributed by atoms with Crippen LogP contribution in [0.15, 0.2) is 60.1 Å². The lowest BCUT2D eigenvalue weighted by atomic mass is 9.91. The Kier molecular flexibility index (Phi) is 6.22. The first-order valence-corrected chi connectivity index (χ1v) is 11.5. The number of nitrogens with zero attached hydrogens (tertiary/aromatic N) is 5. The fourth-order valence-corrected chi connectivity index (χ4v) is 4.88. The first-order valence-electron chi connectivity index (χ1n) is 11.1. The maximum atomic E-state index is 12.6. The van der Waals surface area contributed by atoms with E-state index in [9.17, 15) is 13.2 Å². The minimum atomic E-state index is -4.72. The molecule has 184 valence electrons. The average molecular weight is 506 g/mol. The van der Waals surface area contributed by atoms with E-state index >= 15 is 0 Å². The van der Waals surface area contributed by atoms with Crippen molar-refractivity contribution >= 4 is 23.6 Å². The van der Waals surface area contributed by atoms with Gasteiger partial charge in [-0.15, -0.1) is 13.2 Å². The molecule has 3 aromatic rings. The first-order chi connectivity index (χ1) is 16.8. The van der Waals surface area contributed by atoms with Crippen molar-refractivity contribution in [3.63, 3.8) is 0 Å². The van der Waals surface area contributed by atoms with Gasteiger partial charge in [0.2, 0.25) is 0 Å². The molecule has 0 aliphatic carbocycles.